The van der Waals surface area contributed by atoms with Gasteiger partial charge < -0.3 is 30.1 Å². The summed E-state index contributed by atoms with van der Waals surface area (Å²) < 4.78 is 9.74. The molecule has 6 rings (SSSR count). The number of nitrogens with one attached hydrogen (secondary N) is 2. The van der Waals surface area contributed by atoms with Crippen LogP contribution in [0.15, 0.2) is 54.6 Å². The lowest BCUT2D eigenvalue weighted by Crippen LogP contribution is -2.57. The summed E-state index contributed by atoms with van der Waals surface area (Å²) >= 11 is 1.63. The van der Waals surface area contributed by atoms with Crippen LogP contribution in [-0.2, 0) is 25.5 Å². The van der Waals surface area contributed by atoms with E-state index < -0.39 is 33.4 Å². The van der Waals surface area contributed by atoms with E-state index in [1.807, 2.05) is 49.4 Å². The number of ether oxygens (including phenoxy) is 2. The fourth-order valence-corrected chi connectivity index (χ4v) is 10.2. The first-order valence-corrected chi connectivity index (χ1v) is 16.9. The largest absolute Gasteiger partial charge is 0.494 e. The summed E-state index contributed by atoms with van der Waals surface area (Å²) in [6.07, 6.45) is 1.78. The Morgan fingerprint density at radius 3 is 2.51 bits per heavy atom. The van der Waals surface area contributed by atoms with Crippen molar-refractivity contribution in [2.75, 3.05) is 57.9 Å². The van der Waals surface area contributed by atoms with Gasteiger partial charge in [0.05, 0.1) is 49.1 Å². The van der Waals surface area contributed by atoms with Gasteiger partial charge in [0.1, 0.15) is 11.8 Å². The number of thioether (sulfide) groups is 1. The van der Waals surface area contributed by atoms with Crippen LogP contribution in [0.1, 0.15) is 32.3 Å². The number of fused-ring (bicyclic) bond motifs is 1. The summed E-state index contributed by atoms with van der Waals surface area (Å²) in [5.41, 5.74) is 1.60. The highest BCUT2D eigenvalue weighted by Crippen LogP contribution is 2.71. The van der Waals surface area contributed by atoms with Crippen LogP contribution in [0.3, 0.4) is 0 Å². The predicted octanol–water partition coefficient (Wildman–Crippen LogP) is 2.56. The SMILES string of the molecule is CCOc1ccc(NC(=O)[C@H]2[C@H]3C(=O)N([C@@H](CO)Cc4ccccc4)C(C(=O)NCCN4CCOCC4)C34CC[C@]2(C)S4)cc1. The predicted molar refractivity (Wildman–Crippen MR) is 173 cm³/mol. The normalized spacial score (nSPS) is 29.8. The van der Waals surface area contributed by atoms with E-state index in [2.05, 4.69) is 22.5 Å². The highest BCUT2D eigenvalue weighted by Gasteiger charge is 2.77. The van der Waals surface area contributed by atoms with E-state index in [1.165, 1.54) is 0 Å². The number of morpholine rings is 1. The Morgan fingerprint density at radius 1 is 1.09 bits per heavy atom. The minimum Gasteiger partial charge on any atom is -0.494 e. The fourth-order valence-electron chi connectivity index (χ4n) is 7.87. The van der Waals surface area contributed by atoms with Crippen molar-refractivity contribution in [3.63, 3.8) is 0 Å². The Balaban J connectivity index is 1.29. The smallest absolute Gasteiger partial charge is 0.244 e. The molecule has 4 fully saturated rings. The van der Waals surface area contributed by atoms with Crippen molar-refractivity contribution in [2.24, 2.45) is 11.8 Å². The zero-order valence-corrected chi connectivity index (χ0v) is 26.9. The van der Waals surface area contributed by atoms with Gasteiger partial charge in [0, 0.05) is 36.6 Å². The lowest BCUT2D eigenvalue weighted by atomic mass is 9.66. The summed E-state index contributed by atoms with van der Waals surface area (Å²) in [6.45, 7) is 8.37. The lowest BCUT2D eigenvalue weighted by molar-refractivity contribution is -0.142. The number of hydrogen-bond donors (Lipinski definition) is 3. The first-order valence-electron chi connectivity index (χ1n) is 16.1. The number of rotatable bonds is 12. The van der Waals surface area contributed by atoms with E-state index in [0.717, 1.165) is 30.8 Å². The maximum atomic E-state index is 14.6. The third-order valence-electron chi connectivity index (χ3n) is 9.93. The number of anilines is 1. The Labute approximate surface area is 269 Å². The molecular weight excluding hydrogens is 592 g/mol. The second kappa shape index (κ2) is 13.3. The van der Waals surface area contributed by atoms with Crippen molar-refractivity contribution in [1.82, 2.24) is 15.1 Å². The maximum absolute atomic E-state index is 14.6. The highest BCUT2D eigenvalue weighted by atomic mass is 32.2. The van der Waals surface area contributed by atoms with Gasteiger partial charge in [-0.05, 0) is 62.9 Å². The number of aliphatic hydroxyl groups is 1. The molecule has 1 spiro atoms. The van der Waals surface area contributed by atoms with E-state index in [9.17, 15) is 19.5 Å². The third kappa shape index (κ3) is 6.07. The van der Waals surface area contributed by atoms with Crippen LogP contribution in [0.5, 0.6) is 5.75 Å². The molecule has 242 valence electrons. The number of hydrogen-bond acceptors (Lipinski definition) is 8. The average molecular weight is 637 g/mol. The van der Waals surface area contributed by atoms with Gasteiger partial charge in [-0.1, -0.05) is 30.3 Å². The molecule has 4 heterocycles. The number of aliphatic hydroxyl groups excluding tert-OH is 1. The van der Waals surface area contributed by atoms with E-state index in [0.29, 0.717) is 51.4 Å². The number of carbonyl (C=O) groups excluding carboxylic acids is 3. The Hall–Kier alpha value is -3.12. The van der Waals surface area contributed by atoms with Gasteiger partial charge in [-0.3, -0.25) is 19.3 Å². The standard InChI is InChI=1S/C34H44N4O6S/c1-3-44-26-11-9-24(10-12-26)36-30(40)27-28-32(42)38(25(22-39)21-23-7-5-4-6-8-23)29(34(28)14-13-33(27,2)45-34)31(41)35-15-16-37-17-19-43-20-18-37/h4-12,25,27-29,39H,3,13-22H2,1-2H3,(H,35,41)(H,36,40)/t25-,27-,28+,29?,33+,34?/m1/s1. The molecule has 45 heavy (non-hydrogen) atoms. The van der Waals surface area contributed by atoms with E-state index >= 15 is 0 Å². The van der Waals surface area contributed by atoms with Crippen LogP contribution in [0.2, 0.25) is 0 Å². The van der Waals surface area contributed by atoms with Gasteiger partial charge in [0.25, 0.3) is 0 Å². The molecule has 4 aliphatic rings. The quantitative estimate of drug-likeness (QED) is 0.325. The fraction of sp³-hybridized carbons (Fsp3) is 0.559. The molecule has 2 bridgehead atoms. The first kappa shape index (κ1) is 31.8. The van der Waals surface area contributed by atoms with Crippen molar-refractivity contribution < 1.29 is 29.0 Å². The van der Waals surface area contributed by atoms with E-state index in [-0.39, 0.29) is 24.3 Å². The Kier molecular flexibility index (Phi) is 9.42. The molecule has 6 atom stereocenters. The van der Waals surface area contributed by atoms with Gasteiger partial charge in [0.2, 0.25) is 17.7 Å². The summed E-state index contributed by atoms with van der Waals surface area (Å²) in [7, 11) is 0. The molecule has 2 aromatic carbocycles. The molecule has 2 aromatic rings. The highest BCUT2D eigenvalue weighted by molar-refractivity contribution is 8.02. The number of likely N-dealkylation sites (tertiary alicyclic amines) is 1. The van der Waals surface area contributed by atoms with Gasteiger partial charge in [-0.25, -0.2) is 0 Å². The van der Waals surface area contributed by atoms with Crippen molar-refractivity contribution in [2.45, 2.75) is 54.7 Å². The molecule has 3 amide bonds. The van der Waals surface area contributed by atoms with Crippen molar-refractivity contribution >= 4 is 35.2 Å². The number of amides is 3. The van der Waals surface area contributed by atoms with E-state index in [1.54, 1.807) is 28.8 Å². The molecule has 11 heteroatoms. The van der Waals surface area contributed by atoms with Crippen molar-refractivity contribution in [1.29, 1.82) is 0 Å². The molecule has 0 saturated carbocycles. The number of carbonyl (C=O) groups is 3. The maximum Gasteiger partial charge on any atom is 0.244 e. The van der Waals surface area contributed by atoms with Crippen LogP contribution in [0, 0.1) is 11.8 Å². The van der Waals surface area contributed by atoms with Gasteiger partial charge >= 0.3 is 0 Å². The first-order chi connectivity index (χ1) is 21.8. The molecule has 3 N–H and O–H groups in total. The van der Waals surface area contributed by atoms with Crippen molar-refractivity contribution in [3.8, 4) is 5.75 Å². The topological polar surface area (TPSA) is 120 Å². The molecule has 10 nitrogen and oxygen atoms in total. The van der Waals surface area contributed by atoms with Crippen LogP contribution < -0.4 is 15.4 Å². The Bertz CT molecular complexity index is 1370. The zero-order chi connectivity index (χ0) is 31.6. The summed E-state index contributed by atoms with van der Waals surface area (Å²) in [6, 6.07) is 15.6. The van der Waals surface area contributed by atoms with Gasteiger partial charge in [-0.2, -0.15) is 0 Å². The van der Waals surface area contributed by atoms with Crippen LogP contribution in [0.4, 0.5) is 5.69 Å². The molecule has 0 radical (unpaired) electrons. The molecular formula is C34H44N4O6S. The van der Waals surface area contributed by atoms with Gasteiger partial charge in [-0.15, -0.1) is 11.8 Å². The van der Waals surface area contributed by atoms with Gasteiger partial charge in [0.15, 0.2) is 0 Å². The summed E-state index contributed by atoms with van der Waals surface area (Å²) in [5, 5.41) is 16.9. The van der Waals surface area contributed by atoms with Crippen molar-refractivity contribution in [3.05, 3.63) is 60.2 Å². The van der Waals surface area contributed by atoms with Crippen LogP contribution in [-0.4, -0.2) is 107 Å². The second-order valence-corrected chi connectivity index (χ2v) is 14.6. The van der Waals surface area contributed by atoms with Crippen LogP contribution in [0.25, 0.3) is 0 Å². The third-order valence-corrected chi connectivity index (χ3v) is 11.9. The molecule has 4 aliphatic heterocycles. The molecule has 4 saturated heterocycles. The number of nitrogens with zero attached hydrogens (tertiary/aromatic N) is 2. The average Bonchev–Trinajstić information content (AvgIpc) is 3.62. The minimum atomic E-state index is -0.796. The summed E-state index contributed by atoms with van der Waals surface area (Å²) in [4.78, 5) is 46.8. The monoisotopic (exact) mass is 636 g/mol. The molecule has 0 aromatic heterocycles. The molecule has 2 unspecified atom stereocenters. The minimum absolute atomic E-state index is 0.213. The lowest BCUT2D eigenvalue weighted by Gasteiger charge is -2.37. The molecule has 0 aliphatic carbocycles. The Morgan fingerprint density at radius 2 is 1.82 bits per heavy atom. The number of benzene rings is 2. The van der Waals surface area contributed by atoms with E-state index in [4.69, 9.17) is 9.47 Å². The zero-order valence-electron chi connectivity index (χ0n) is 26.1. The second-order valence-electron chi connectivity index (χ2n) is 12.7. The van der Waals surface area contributed by atoms with Crippen LogP contribution >= 0.6 is 11.8 Å². The summed E-state index contributed by atoms with van der Waals surface area (Å²) in [5.74, 6) is -1.24.